The van der Waals surface area contributed by atoms with Gasteiger partial charge in [-0.3, -0.25) is 4.79 Å². The first-order valence-electron chi connectivity index (χ1n) is 4.25. The Morgan fingerprint density at radius 3 is 3.14 bits per heavy atom. The summed E-state index contributed by atoms with van der Waals surface area (Å²) in [6, 6.07) is 1.97. The minimum absolute atomic E-state index is 0.0728. The van der Waals surface area contributed by atoms with Gasteiger partial charge in [0.05, 0.1) is 5.33 Å². The van der Waals surface area contributed by atoms with Crippen LogP contribution >= 0.6 is 15.9 Å². The van der Waals surface area contributed by atoms with Crippen LogP contribution < -0.4 is 0 Å². The number of H-pyrrole nitrogens is 1. The lowest BCUT2D eigenvalue weighted by Gasteiger charge is -1.95. The molecular formula is C10H9BrN2O. The van der Waals surface area contributed by atoms with Crippen LogP contribution in [-0.2, 0) is 0 Å². The summed E-state index contributed by atoms with van der Waals surface area (Å²) >= 11 is 3.16. The fraction of sp³-hybridized carbons (Fsp3) is 0.200. The lowest BCUT2D eigenvalue weighted by molar-refractivity contribution is 0.102. The van der Waals surface area contributed by atoms with E-state index in [1.165, 1.54) is 0 Å². The largest absolute Gasteiger partial charge is 0.345 e. The summed E-state index contributed by atoms with van der Waals surface area (Å²) < 4.78 is 0. The van der Waals surface area contributed by atoms with Gasteiger partial charge in [-0.05, 0) is 18.6 Å². The highest BCUT2D eigenvalue weighted by Gasteiger charge is 2.10. The van der Waals surface area contributed by atoms with Gasteiger partial charge in [0.15, 0.2) is 5.78 Å². The van der Waals surface area contributed by atoms with Crippen LogP contribution in [0.1, 0.15) is 15.9 Å². The first kappa shape index (κ1) is 9.40. The molecule has 0 saturated carbocycles. The van der Waals surface area contributed by atoms with Gasteiger partial charge in [0.1, 0.15) is 5.65 Å². The van der Waals surface area contributed by atoms with Crippen LogP contribution in [0.15, 0.2) is 18.5 Å². The molecule has 0 spiro atoms. The van der Waals surface area contributed by atoms with E-state index < -0.39 is 0 Å². The van der Waals surface area contributed by atoms with Crippen LogP contribution in [0.3, 0.4) is 0 Å². The van der Waals surface area contributed by atoms with Crippen molar-refractivity contribution in [3.8, 4) is 0 Å². The van der Waals surface area contributed by atoms with E-state index in [9.17, 15) is 4.79 Å². The topological polar surface area (TPSA) is 45.8 Å². The van der Waals surface area contributed by atoms with Gasteiger partial charge in [0.25, 0.3) is 0 Å². The molecule has 0 aliphatic carbocycles. The van der Waals surface area contributed by atoms with E-state index in [1.54, 1.807) is 12.4 Å². The van der Waals surface area contributed by atoms with Crippen molar-refractivity contribution in [2.75, 3.05) is 5.33 Å². The zero-order valence-electron chi connectivity index (χ0n) is 7.67. The number of carbonyl (C=O) groups is 1. The zero-order chi connectivity index (χ0) is 10.1. The number of hydrogen-bond acceptors (Lipinski definition) is 2. The Labute approximate surface area is 89.7 Å². The van der Waals surface area contributed by atoms with Crippen LogP contribution in [0, 0.1) is 6.92 Å². The monoisotopic (exact) mass is 252 g/mol. The number of halogens is 1. The highest BCUT2D eigenvalue weighted by molar-refractivity contribution is 9.09. The number of hydrogen-bond donors (Lipinski definition) is 1. The molecule has 2 aromatic heterocycles. The number of rotatable bonds is 2. The number of nitrogens with one attached hydrogen (secondary N) is 1. The first-order valence-corrected chi connectivity index (χ1v) is 5.37. The molecule has 0 aliphatic rings. The zero-order valence-corrected chi connectivity index (χ0v) is 9.26. The van der Waals surface area contributed by atoms with Crippen molar-refractivity contribution >= 4 is 32.7 Å². The van der Waals surface area contributed by atoms with Gasteiger partial charge in [-0.25, -0.2) is 4.98 Å². The number of Topliss-reactive ketones (excluding diaryl/α,β-unsaturated/α-hetero) is 1. The SMILES string of the molecule is Cc1cnc2[nH]cc(C(=O)CBr)c2c1. The van der Waals surface area contributed by atoms with Crippen molar-refractivity contribution < 1.29 is 4.79 Å². The Morgan fingerprint density at radius 1 is 1.64 bits per heavy atom. The van der Waals surface area contributed by atoms with E-state index in [1.807, 2.05) is 13.0 Å². The Morgan fingerprint density at radius 2 is 2.43 bits per heavy atom. The van der Waals surface area contributed by atoms with Crippen molar-refractivity contribution in [2.45, 2.75) is 6.92 Å². The Kier molecular flexibility index (Phi) is 2.37. The van der Waals surface area contributed by atoms with Gasteiger partial charge >= 0.3 is 0 Å². The van der Waals surface area contributed by atoms with Crippen molar-refractivity contribution in [3.05, 3.63) is 29.6 Å². The Hall–Kier alpha value is -1.16. The number of aromatic amines is 1. The molecule has 0 bridgehead atoms. The van der Waals surface area contributed by atoms with E-state index in [0.717, 1.165) is 16.6 Å². The molecule has 0 radical (unpaired) electrons. The maximum absolute atomic E-state index is 11.5. The molecule has 0 amide bonds. The van der Waals surface area contributed by atoms with Gasteiger partial charge in [-0.1, -0.05) is 15.9 Å². The van der Waals surface area contributed by atoms with Crippen LogP contribution in [0.2, 0.25) is 0 Å². The van der Waals surface area contributed by atoms with E-state index >= 15 is 0 Å². The summed E-state index contributed by atoms with van der Waals surface area (Å²) in [5, 5.41) is 1.24. The molecule has 2 heterocycles. The number of nitrogens with zero attached hydrogens (tertiary/aromatic N) is 1. The molecule has 0 atom stereocenters. The number of ketones is 1. The maximum atomic E-state index is 11.5. The molecule has 0 fully saturated rings. The van der Waals surface area contributed by atoms with Gasteiger partial charge in [0.2, 0.25) is 0 Å². The summed E-state index contributed by atoms with van der Waals surface area (Å²) in [5.41, 5.74) is 2.52. The molecule has 3 nitrogen and oxygen atoms in total. The standard InChI is InChI=1S/C10H9BrN2O/c1-6-2-7-8(9(14)3-11)5-13-10(7)12-4-6/h2,4-5H,3H2,1H3,(H,12,13). The fourth-order valence-corrected chi connectivity index (χ4v) is 1.71. The van der Waals surface area contributed by atoms with Crippen LogP contribution in [0.25, 0.3) is 11.0 Å². The molecule has 0 unspecified atom stereocenters. The number of carbonyl (C=O) groups excluding carboxylic acids is 1. The summed E-state index contributed by atoms with van der Waals surface area (Å²) in [4.78, 5) is 18.7. The van der Waals surface area contributed by atoms with Gasteiger partial charge in [0, 0.05) is 23.3 Å². The number of fused-ring (bicyclic) bond motifs is 1. The van der Waals surface area contributed by atoms with Crippen molar-refractivity contribution in [1.82, 2.24) is 9.97 Å². The van der Waals surface area contributed by atoms with Crippen LogP contribution in [0.5, 0.6) is 0 Å². The molecule has 2 rings (SSSR count). The first-order chi connectivity index (χ1) is 6.72. The third kappa shape index (κ3) is 1.46. The van der Waals surface area contributed by atoms with Crippen LogP contribution in [0.4, 0.5) is 0 Å². The molecule has 2 aromatic rings. The average Bonchev–Trinajstić information content (AvgIpc) is 2.59. The van der Waals surface area contributed by atoms with E-state index in [4.69, 9.17) is 0 Å². The Balaban J connectivity index is 2.67. The number of alkyl halides is 1. The summed E-state index contributed by atoms with van der Waals surface area (Å²) in [5.74, 6) is 0.0728. The van der Waals surface area contributed by atoms with Crippen molar-refractivity contribution in [1.29, 1.82) is 0 Å². The molecular weight excluding hydrogens is 244 g/mol. The van der Waals surface area contributed by atoms with E-state index in [0.29, 0.717) is 10.9 Å². The third-order valence-electron chi connectivity index (χ3n) is 2.09. The van der Waals surface area contributed by atoms with Gasteiger partial charge in [-0.2, -0.15) is 0 Å². The molecule has 0 aromatic carbocycles. The lowest BCUT2D eigenvalue weighted by Crippen LogP contribution is -1.98. The van der Waals surface area contributed by atoms with Gasteiger partial charge < -0.3 is 4.98 Å². The highest BCUT2D eigenvalue weighted by Crippen LogP contribution is 2.18. The van der Waals surface area contributed by atoms with Gasteiger partial charge in [-0.15, -0.1) is 0 Å². The maximum Gasteiger partial charge on any atom is 0.175 e. The predicted octanol–water partition coefficient (Wildman–Crippen LogP) is 2.45. The quantitative estimate of drug-likeness (QED) is 0.660. The molecule has 0 aliphatic heterocycles. The second-order valence-electron chi connectivity index (χ2n) is 3.17. The molecule has 14 heavy (non-hydrogen) atoms. The lowest BCUT2D eigenvalue weighted by atomic mass is 10.1. The minimum atomic E-state index is 0.0728. The highest BCUT2D eigenvalue weighted by atomic mass is 79.9. The molecule has 1 N–H and O–H groups in total. The smallest absolute Gasteiger partial charge is 0.175 e. The van der Waals surface area contributed by atoms with Crippen molar-refractivity contribution in [3.63, 3.8) is 0 Å². The van der Waals surface area contributed by atoms with E-state index in [2.05, 4.69) is 25.9 Å². The number of pyridine rings is 1. The molecule has 4 heteroatoms. The molecule has 0 saturated heterocycles. The normalized spacial score (nSPS) is 10.7. The van der Waals surface area contributed by atoms with Crippen molar-refractivity contribution in [2.24, 2.45) is 0 Å². The average molecular weight is 253 g/mol. The second-order valence-corrected chi connectivity index (χ2v) is 3.73. The fourth-order valence-electron chi connectivity index (χ4n) is 1.41. The summed E-state index contributed by atoms with van der Waals surface area (Å²) in [7, 11) is 0. The minimum Gasteiger partial charge on any atom is -0.345 e. The third-order valence-corrected chi connectivity index (χ3v) is 2.60. The molecule has 72 valence electrons. The van der Waals surface area contributed by atoms with E-state index in [-0.39, 0.29) is 5.78 Å². The predicted molar refractivity (Wildman–Crippen MR) is 59.0 cm³/mol. The second kappa shape index (κ2) is 3.53. The summed E-state index contributed by atoms with van der Waals surface area (Å²) in [6.45, 7) is 1.96. The number of aryl methyl sites for hydroxylation is 1. The summed E-state index contributed by atoms with van der Waals surface area (Å²) in [6.07, 6.45) is 3.49. The Bertz CT molecular complexity index is 490. The number of aromatic nitrogens is 2. The van der Waals surface area contributed by atoms with Crippen LogP contribution in [-0.4, -0.2) is 21.1 Å².